The number of hydrogen-bond acceptors (Lipinski definition) is 7. The maximum atomic E-state index is 16.6. The molecule has 8 aliphatic carbocycles. The van der Waals surface area contributed by atoms with Crippen LogP contribution in [0.25, 0.3) is 10.8 Å². The van der Waals surface area contributed by atoms with E-state index in [4.69, 9.17) is 9.47 Å². The number of cyclic esters (lactones) is 1. The summed E-state index contributed by atoms with van der Waals surface area (Å²) >= 11 is 0. The van der Waals surface area contributed by atoms with E-state index >= 15 is 9.90 Å². The normalized spacial score (nSPS) is 40.9. The van der Waals surface area contributed by atoms with Crippen LogP contribution >= 0.6 is 0 Å². The Bertz CT molecular complexity index is 3800. The van der Waals surface area contributed by atoms with E-state index in [2.05, 4.69) is 166 Å². The first-order valence-electron chi connectivity index (χ1n) is 36.0. The van der Waals surface area contributed by atoms with Gasteiger partial charge in [0.1, 0.15) is 12.7 Å². The lowest BCUT2D eigenvalue weighted by Crippen LogP contribution is -2.80. The zero-order valence-electron chi connectivity index (χ0n) is 54.3. The van der Waals surface area contributed by atoms with Gasteiger partial charge in [0.05, 0.1) is 34.1 Å². The average molecular weight is 1220 g/mol. The Morgan fingerprint density at radius 3 is 2.29 bits per heavy atom. The fourth-order valence-electron chi connectivity index (χ4n) is 24.3. The first-order chi connectivity index (χ1) is 44.1. The van der Waals surface area contributed by atoms with Gasteiger partial charge in [-0.15, -0.1) is 5.92 Å². The Labute approximate surface area is 541 Å². The van der Waals surface area contributed by atoms with E-state index in [0.717, 1.165) is 56.9 Å². The topological polar surface area (TPSA) is 113 Å². The molecule has 0 saturated heterocycles. The van der Waals surface area contributed by atoms with Crippen LogP contribution in [0.3, 0.4) is 0 Å². The van der Waals surface area contributed by atoms with Crippen molar-refractivity contribution in [3.05, 3.63) is 166 Å². The summed E-state index contributed by atoms with van der Waals surface area (Å²) < 4.78 is 13.2. The molecule has 20 atom stereocenters. The lowest BCUT2D eigenvalue weighted by molar-refractivity contribution is -0.343. The van der Waals surface area contributed by atoms with Crippen molar-refractivity contribution in [3.8, 4) is 23.7 Å². The van der Waals surface area contributed by atoms with Crippen LogP contribution in [0.2, 0.25) is 0 Å². The third-order valence-corrected chi connectivity index (χ3v) is 28.2. The van der Waals surface area contributed by atoms with Gasteiger partial charge in [-0.1, -0.05) is 172 Å². The largest absolute Gasteiger partial charge is 0.461 e. The van der Waals surface area contributed by atoms with E-state index in [1.54, 1.807) is 17.2 Å². The average Bonchev–Trinajstić information content (AvgIpc) is 1.50. The molecule has 474 valence electrons. The van der Waals surface area contributed by atoms with Gasteiger partial charge in [-0.25, -0.2) is 4.79 Å². The number of esters is 2. The Morgan fingerprint density at radius 2 is 1.49 bits per heavy atom. The number of fused-ring (bicyclic) bond motifs is 5. The van der Waals surface area contributed by atoms with Crippen LogP contribution in [-0.2, 0) is 37.3 Å². The molecule has 4 bridgehead atoms. The summed E-state index contributed by atoms with van der Waals surface area (Å²) in [5.41, 5.74) is 3.41. The standard InChI is InChI=1S/C84H96O7/c1-54(18-15-23-55-19-7-4-8-20-55)46-60-30-33-63-32-29-57(47-56-21-9-5-10-22-56)50-82(63)41-17-39-78(2)52-69(91-77(82)88)75-79(3,42-38-70(85)84(75,76(60)87)83(78,89)45-35-58-48-71(86)90-53-58)64-37-44-80-43-36-61-51-81(62-25-11-6-12-26-62)40-14-13-28-67(81)66-34-31-59-24-16-27-65(68(80)49-64)72(59)73(66)74(61)80/h4-12,16,19-22,24-27,31,34,48,54,57,60-61,63-64,67-70,74-76,85,87,89H,13-15,18,23,28-29,32,35-38,40-47,49-53H2,1-3H3. The number of carbonyl (C=O) groups is 2. The first kappa shape index (κ1) is 60.0. The number of rotatable bonds is 13. The molecule has 11 aliphatic rings. The van der Waals surface area contributed by atoms with Gasteiger partial charge in [-0.2, -0.15) is 0 Å². The number of ether oxygens (including phenoxy) is 2. The molecule has 7 nitrogen and oxygen atoms in total. The highest BCUT2D eigenvalue weighted by atomic mass is 16.5. The fourth-order valence-corrected chi connectivity index (χ4v) is 24.3. The van der Waals surface area contributed by atoms with Crippen LogP contribution in [0, 0.1) is 92.2 Å². The van der Waals surface area contributed by atoms with Crippen molar-refractivity contribution in [2.45, 2.75) is 222 Å². The molecule has 5 aromatic carbocycles. The van der Waals surface area contributed by atoms with Gasteiger partial charge < -0.3 is 24.8 Å². The van der Waals surface area contributed by atoms with E-state index in [9.17, 15) is 15.0 Å². The molecule has 20 unspecified atom stereocenters. The third kappa shape index (κ3) is 9.12. The summed E-state index contributed by atoms with van der Waals surface area (Å²) in [5, 5.41) is 47.0. The first-order valence-corrected chi connectivity index (χ1v) is 36.0. The summed E-state index contributed by atoms with van der Waals surface area (Å²) in [5.74, 6) is 15.1. The molecule has 6 fully saturated rings. The van der Waals surface area contributed by atoms with E-state index in [1.165, 1.54) is 78.0 Å². The Kier molecular flexibility index (Phi) is 14.9. The molecule has 91 heavy (non-hydrogen) atoms. The molecule has 0 radical (unpaired) electrons. The molecule has 3 heterocycles. The monoisotopic (exact) mass is 1220 g/mol. The Morgan fingerprint density at radius 1 is 0.714 bits per heavy atom. The summed E-state index contributed by atoms with van der Waals surface area (Å²) in [6.45, 7) is 6.95. The van der Waals surface area contributed by atoms with Crippen molar-refractivity contribution in [1.82, 2.24) is 0 Å². The van der Waals surface area contributed by atoms with Crippen LogP contribution in [0.5, 0.6) is 0 Å². The number of hydrogen-bond donors (Lipinski definition) is 3. The number of aliphatic hydroxyl groups excluding tert-OH is 2. The van der Waals surface area contributed by atoms with Crippen LogP contribution < -0.4 is 0 Å². The fraction of sp³-hybridized carbons (Fsp3) is 0.571. The highest BCUT2D eigenvalue weighted by molar-refractivity contribution is 5.93. The van der Waals surface area contributed by atoms with Gasteiger partial charge in [0, 0.05) is 42.1 Å². The van der Waals surface area contributed by atoms with E-state index in [0.29, 0.717) is 56.3 Å². The molecule has 3 N–H and O–H groups in total. The number of carbonyl (C=O) groups excluding carboxylic acids is 2. The van der Waals surface area contributed by atoms with Crippen molar-refractivity contribution in [1.29, 1.82) is 0 Å². The van der Waals surface area contributed by atoms with Crippen LogP contribution in [0.4, 0.5) is 0 Å². The quantitative estimate of drug-likeness (QED) is 0.0795. The van der Waals surface area contributed by atoms with Gasteiger partial charge in [0.15, 0.2) is 0 Å². The van der Waals surface area contributed by atoms with Crippen LogP contribution in [0.15, 0.2) is 133 Å². The summed E-state index contributed by atoms with van der Waals surface area (Å²) in [6.07, 6.45) is 18.4. The highest BCUT2D eigenvalue weighted by Gasteiger charge is 2.79. The Balaban J connectivity index is 0.855. The molecule has 6 saturated carbocycles. The molecular weight excluding hydrogens is 1120 g/mol. The SMILES string of the molecule is CC(CCCc1ccccc1)CC1C#CC2CCC(Cc3ccccc3)CC23CC#CC2(C)CC(OC3=O)C3C(C)(C4CCC56CCC7CC8(c9ccccc9)CCCCC8c8ccc9cccc(c9c8C75)C6C4)CCC(O)C3(C1O)C2(O)CCC1=CC(=O)OC1. The maximum Gasteiger partial charge on any atom is 0.331 e. The van der Waals surface area contributed by atoms with Crippen LogP contribution in [-0.4, -0.2) is 57.8 Å². The van der Waals surface area contributed by atoms with Gasteiger partial charge >= 0.3 is 11.9 Å². The number of aliphatic hydroxyl groups is 3. The highest BCUT2D eigenvalue weighted by Crippen LogP contribution is 2.78. The minimum Gasteiger partial charge on any atom is -0.461 e. The number of benzene rings is 5. The molecule has 16 rings (SSSR count). The second-order valence-electron chi connectivity index (χ2n) is 32.4. The van der Waals surface area contributed by atoms with Gasteiger partial charge in [0.2, 0.25) is 0 Å². The van der Waals surface area contributed by atoms with Crippen LogP contribution in [0.1, 0.15) is 213 Å². The third-order valence-electron chi connectivity index (χ3n) is 28.2. The second-order valence-corrected chi connectivity index (χ2v) is 32.4. The lowest BCUT2D eigenvalue weighted by Gasteiger charge is -2.72. The smallest absolute Gasteiger partial charge is 0.331 e. The van der Waals surface area contributed by atoms with Gasteiger partial charge in [0.25, 0.3) is 0 Å². The van der Waals surface area contributed by atoms with E-state index in [-0.39, 0.29) is 78.2 Å². The lowest BCUT2D eigenvalue weighted by atomic mass is 9.34. The predicted octanol–water partition coefficient (Wildman–Crippen LogP) is 16.4. The van der Waals surface area contributed by atoms with Crippen molar-refractivity contribution in [2.24, 2.45) is 68.5 Å². The molecule has 2 spiro atoms. The molecule has 5 aromatic rings. The zero-order valence-corrected chi connectivity index (χ0v) is 54.3. The molecule has 7 heteroatoms. The minimum absolute atomic E-state index is 0.0699. The molecule has 3 aliphatic heterocycles. The molecule has 0 amide bonds. The zero-order chi connectivity index (χ0) is 62.1. The van der Waals surface area contributed by atoms with E-state index < -0.39 is 57.4 Å². The van der Waals surface area contributed by atoms with Crippen molar-refractivity contribution < 1.29 is 34.4 Å². The van der Waals surface area contributed by atoms with Crippen molar-refractivity contribution in [3.63, 3.8) is 0 Å². The predicted molar refractivity (Wildman–Crippen MR) is 357 cm³/mol. The van der Waals surface area contributed by atoms with E-state index in [1.807, 2.05) is 0 Å². The van der Waals surface area contributed by atoms with Crippen molar-refractivity contribution in [2.75, 3.05) is 6.61 Å². The van der Waals surface area contributed by atoms with Gasteiger partial charge in [-0.3, -0.25) is 4.79 Å². The second kappa shape index (κ2) is 22.6. The number of aryl methyl sites for hydroxylation is 1. The summed E-state index contributed by atoms with van der Waals surface area (Å²) in [4.78, 5) is 29.5. The summed E-state index contributed by atoms with van der Waals surface area (Å²) in [6, 6.07) is 45.4. The molecular formula is C84H96O7. The maximum absolute atomic E-state index is 16.6. The summed E-state index contributed by atoms with van der Waals surface area (Å²) in [7, 11) is 0. The van der Waals surface area contributed by atoms with Gasteiger partial charge in [-0.05, 0) is 231 Å². The Hall–Kier alpha value is -5.96. The van der Waals surface area contributed by atoms with Crippen molar-refractivity contribution >= 4 is 22.7 Å². The molecule has 0 aromatic heterocycles. The minimum atomic E-state index is -1.85.